The summed E-state index contributed by atoms with van der Waals surface area (Å²) in [7, 11) is 0. The molecule has 0 nitrogen and oxygen atoms in total. The highest BCUT2D eigenvalue weighted by molar-refractivity contribution is 4.74. The highest BCUT2D eigenvalue weighted by atomic mass is 14.3. The molecule has 0 aliphatic heterocycles. The average molecular weight is 395 g/mol. The van der Waals surface area contributed by atoms with Gasteiger partial charge in [-0.2, -0.15) is 0 Å². The maximum atomic E-state index is 2.36. The average Bonchev–Trinajstić information content (AvgIpc) is 3.27. The molecule has 0 aromatic rings. The van der Waals surface area contributed by atoms with Crippen LogP contribution in [0.1, 0.15) is 152 Å². The molecule has 0 heteroatoms. The Morgan fingerprint density at radius 3 is 1.32 bits per heavy atom. The standard InChI is InChI=1S/3C7H14.C7H16/c1-7(2)5-3-4-6-7;1-7-5-3-2-4-6-7;1-2-7-5-3-4-6-7;1-6(2)7(3,4)5/h3-6H2,1-2H3;2*7H,2-6H2,1H3;6H,1-5H3. The van der Waals surface area contributed by atoms with Crippen molar-refractivity contribution in [3.8, 4) is 0 Å². The van der Waals surface area contributed by atoms with Gasteiger partial charge in [-0.3, -0.25) is 0 Å². The third kappa shape index (κ3) is 15.9. The second-order valence-corrected chi connectivity index (χ2v) is 12.2. The molecule has 0 saturated heterocycles. The van der Waals surface area contributed by atoms with Gasteiger partial charge in [0.2, 0.25) is 0 Å². The molecular weight excluding hydrogens is 336 g/mol. The zero-order valence-corrected chi connectivity index (χ0v) is 21.6. The van der Waals surface area contributed by atoms with E-state index in [1.54, 1.807) is 0 Å². The maximum absolute atomic E-state index is 2.36. The van der Waals surface area contributed by atoms with Gasteiger partial charge in [0, 0.05) is 0 Å². The first-order chi connectivity index (χ1) is 13.0. The normalized spacial score (nSPS) is 22.5. The molecule has 3 aliphatic carbocycles. The van der Waals surface area contributed by atoms with Crippen LogP contribution in [0.4, 0.5) is 0 Å². The molecule has 0 bridgehead atoms. The fourth-order valence-corrected chi connectivity index (χ4v) is 4.06. The predicted molar refractivity (Wildman–Crippen MR) is 131 cm³/mol. The Labute approximate surface area is 181 Å². The molecule has 0 spiro atoms. The van der Waals surface area contributed by atoms with E-state index in [2.05, 4.69) is 62.3 Å². The Bertz CT molecular complexity index is 320. The molecule has 0 aromatic carbocycles. The zero-order chi connectivity index (χ0) is 21.6. The van der Waals surface area contributed by atoms with Crippen LogP contribution in [-0.2, 0) is 0 Å². The predicted octanol–water partition coefficient (Wildman–Crippen LogP) is 10.4. The lowest BCUT2D eigenvalue weighted by atomic mass is 9.84. The fourth-order valence-electron chi connectivity index (χ4n) is 4.06. The minimum Gasteiger partial charge on any atom is -0.0651 e. The molecule has 3 fully saturated rings. The first-order valence-electron chi connectivity index (χ1n) is 13.0. The van der Waals surface area contributed by atoms with Gasteiger partial charge < -0.3 is 0 Å². The summed E-state index contributed by atoms with van der Waals surface area (Å²) in [4.78, 5) is 0. The topological polar surface area (TPSA) is 0 Å². The van der Waals surface area contributed by atoms with E-state index < -0.39 is 0 Å². The maximum Gasteiger partial charge on any atom is -0.0354 e. The molecule has 0 atom stereocenters. The fraction of sp³-hybridized carbons (Fsp3) is 1.00. The highest BCUT2D eigenvalue weighted by Gasteiger charge is 2.21. The molecule has 0 radical (unpaired) electrons. The largest absolute Gasteiger partial charge is 0.0651 e. The third-order valence-electron chi connectivity index (χ3n) is 7.64. The molecule has 0 unspecified atom stereocenters. The van der Waals surface area contributed by atoms with E-state index in [1.807, 2.05) is 0 Å². The van der Waals surface area contributed by atoms with Crippen LogP contribution in [0, 0.1) is 28.6 Å². The lowest BCUT2D eigenvalue weighted by Crippen LogP contribution is -2.12. The number of hydrogen-bond acceptors (Lipinski definition) is 0. The second-order valence-electron chi connectivity index (χ2n) is 12.2. The summed E-state index contributed by atoms with van der Waals surface area (Å²) in [6, 6.07) is 0. The van der Waals surface area contributed by atoms with Gasteiger partial charge in [-0.15, -0.1) is 0 Å². The van der Waals surface area contributed by atoms with E-state index in [-0.39, 0.29) is 0 Å². The van der Waals surface area contributed by atoms with Crippen LogP contribution in [0.25, 0.3) is 0 Å². The van der Waals surface area contributed by atoms with Crippen LogP contribution < -0.4 is 0 Å². The Kier molecular flexibility index (Phi) is 14.9. The van der Waals surface area contributed by atoms with Crippen molar-refractivity contribution in [1.82, 2.24) is 0 Å². The molecule has 3 rings (SSSR count). The third-order valence-corrected chi connectivity index (χ3v) is 7.64. The zero-order valence-electron chi connectivity index (χ0n) is 21.6. The molecule has 0 heterocycles. The molecule has 28 heavy (non-hydrogen) atoms. The lowest BCUT2D eigenvalue weighted by Gasteiger charge is -2.22. The van der Waals surface area contributed by atoms with Gasteiger partial charge in [0.15, 0.2) is 0 Å². The monoisotopic (exact) mass is 394 g/mol. The van der Waals surface area contributed by atoms with Gasteiger partial charge in [0.05, 0.1) is 0 Å². The van der Waals surface area contributed by atoms with E-state index in [0.717, 1.165) is 17.8 Å². The van der Waals surface area contributed by atoms with Gasteiger partial charge in [0.1, 0.15) is 0 Å². The van der Waals surface area contributed by atoms with Gasteiger partial charge in [0.25, 0.3) is 0 Å². The van der Waals surface area contributed by atoms with Gasteiger partial charge in [-0.05, 0) is 41.4 Å². The number of rotatable bonds is 1. The van der Waals surface area contributed by atoms with Crippen LogP contribution in [0.3, 0.4) is 0 Å². The van der Waals surface area contributed by atoms with Gasteiger partial charge in [-0.1, -0.05) is 139 Å². The summed E-state index contributed by atoms with van der Waals surface area (Å²) in [5.41, 5.74) is 1.19. The van der Waals surface area contributed by atoms with Crippen molar-refractivity contribution in [2.24, 2.45) is 28.6 Å². The van der Waals surface area contributed by atoms with Crippen LogP contribution in [0.5, 0.6) is 0 Å². The van der Waals surface area contributed by atoms with Crippen molar-refractivity contribution in [2.75, 3.05) is 0 Å². The van der Waals surface area contributed by atoms with Crippen molar-refractivity contribution in [3.05, 3.63) is 0 Å². The van der Waals surface area contributed by atoms with Crippen LogP contribution in [-0.4, -0.2) is 0 Å². The first-order valence-corrected chi connectivity index (χ1v) is 13.0. The molecule has 0 N–H and O–H groups in total. The van der Waals surface area contributed by atoms with Crippen molar-refractivity contribution in [3.63, 3.8) is 0 Å². The first kappa shape index (κ1) is 28.0. The van der Waals surface area contributed by atoms with Gasteiger partial charge >= 0.3 is 0 Å². The van der Waals surface area contributed by atoms with E-state index in [9.17, 15) is 0 Å². The summed E-state index contributed by atoms with van der Waals surface area (Å²) >= 11 is 0. The van der Waals surface area contributed by atoms with E-state index in [0.29, 0.717) is 10.8 Å². The Balaban J connectivity index is 0.000000347. The van der Waals surface area contributed by atoms with Crippen molar-refractivity contribution < 1.29 is 0 Å². The van der Waals surface area contributed by atoms with E-state index in [1.165, 1.54) is 89.9 Å². The second kappa shape index (κ2) is 14.9. The lowest BCUT2D eigenvalue weighted by molar-refractivity contribution is 0.283. The summed E-state index contributed by atoms with van der Waals surface area (Å²) in [5.74, 6) is 2.93. The molecule has 0 amide bonds. The summed E-state index contributed by atoms with van der Waals surface area (Å²) < 4.78 is 0. The number of hydrogen-bond donors (Lipinski definition) is 0. The van der Waals surface area contributed by atoms with Crippen LogP contribution >= 0.6 is 0 Å². The SMILES string of the molecule is CC(C)C(C)(C)C.CC1(C)CCCC1.CC1CCCCC1.CCC1CCCC1. The smallest absolute Gasteiger partial charge is 0.0354 e. The van der Waals surface area contributed by atoms with Crippen molar-refractivity contribution >= 4 is 0 Å². The minimum atomic E-state index is 0.500. The molecule has 170 valence electrons. The highest BCUT2D eigenvalue weighted by Crippen LogP contribution is 2.36. The molecule has 3 aliphatic rings. The molecular formula is C28H58. The van der Waals surface area contributed by atoms with Gasteiger partial charge in [-0.25, -0.2) is 0 Å². The summed E-state index contributed by atoms with van der Waals surface area (Å²) in [5, 5.41) is 0. The van der Waals surface area contributed by atoms with Crippen LogP contribution in [0.2, 0.25) is 0 Å². The van der Waals surface area contributed by atoms with Crippen molar-refractivity contribution in [1.29, 1.82) is 0 Å². The quantitative estimate of drug-likeness (QED) is 0.415. The Hall–Kier alpha value is 0. The summed E-state index contributed by atoms with van der Waals surface area (Å²) in [6.45, 7) is 20.7. The molecule has 3 saturated carbocycles. The van der Waals surface area contributed by atoms with E-state index >= 15 is 0 Å². The minimum absolute atomic E-state index is 0.500. The van der Waals surface area contributed by atoms with Crippen molar-refractivity contribution in [2.45, 2.75) is 152 Å². The Morgan fingerprint density at radius 2 is 1.14 bits per heavy atom. The molecule has 0 aromatic heterocycles. The van der Waals surface area contributed by atoms with Crippen LogP contribution in [0.15, 0.2) is 0 Å². The summed E-state index contributed by atoms with van der Waals surface area (Å²) in [6.07, 6.45) is 20.7. The van der Waals surface area contributed by atoms with E-state index in [4.69, 9.17) is 0 Å². The Morgan fingerprint density at radius 1 is 0.750 bits per heavy atom.